The summed E-state index contributed by atoms with van der Waals surface area (Å²) < 4.78 is 1.05. The number of rotatable bonds is 2. The molecule has 1 atom stereocenters. The first-order valence-corrected chi connectivity index (χ1v) is 6.53. The minimum Gasteiger partial charge on any atom is -0.309 e. The molecule has 3 heterocycles. The topological polar surface area (TPSA) is 53.6 Å². The fraction of sp³-hybridized carbons (Fsp3) is 0.333. The average molecular weight is 293 g/mol. The second-order valence-electron chi connectivity index (χ2n) is 4.19. The van der Waals surface area contributed by atoms with Crippen LogP contribution in [0.5, 0.6) is 0 Å². The first-order chi connectivity index (χ1) is 8.36. The molecule has 0 bridgehead atoms. The minimum atomic E-state index is 0.391. The van der Waals surface area contributed by atoms with Gasteiger partial charge in [-0.05, 0) is 47.4 Å². The highest BCUT2D eigenvalue weighted by Crippen LogP contribution is 2.34. The molecular weight excluding hydrogens is 280 g/mol. The average Bonchev–Trinajstić information content (AvgIpc) is 2.99. The van der Waals surface area contributed by atoms with Crippen LogP contribution >= 0.6 is 15.9 Å². The molecule has 88 valence electrons. The second kappa shape index (κ2) is 4.58. The summed E-state index contributed by atoms with van der Waals surface area (Å²) >= 11 is 3.64. The summed E-state index contributed by atoms with van der Waals surface area (Å²) in [6, 6.07) is 4.33. The summed E-state index contributed by atoms with van der Waals surface area (Å²) in [6.45, 7) is 1.08. The Kier molecular flexibility index (Phi) is 2.94. The molecule has 0 radical (unpaired) electrons. The highest BCUT2D eigenvalue weighted by molar-refractivity contribution is 9.10. The Bertz CT molecular complexity index is 502. The molecule has 5 heteroatoms. The van der Waals surface area contributed by atoms with Crippen molar-refractivity contribution in [3.05, 3.63) is 34.7 Å². The summed E-state index contributed by atoms with van der Waals surface area (Å²) in [5.74, 6) is 0. The number of H-pyrrole nitrogens is 1. The maximum atomic E-state index is 4.38. The van der Waals surface area contributed by atoms with Crippen LogP contribution in [0.25, 0.3) is 11.3 Å². The van der Waals surface area contributed by atoms with Gasteiger partial charge in [0.25, 0.3) is 0 Å². The Morgan fingerprint density at radius 2 is 2.35 bits per heavy atom. The van der Waals surface area contributed by atoms with Crippen LogP contribution in [0.3, 0.4) is 0 Å². The van der Waals surface area contributed by atoms with E-state index in [1.54, 1.807) is 6.20 Å². The minimum absolute atomic E-state index is 0.391. The van der Waals surface area contributed by atoms with Gasteiger partial charge in [0.1, 0.15) is 5.69 Å². The summed E-state index contributed by atoms with van der Waals surface area (Å²) in [4.78, 5) is 4.12. The normalized spacial score (nSPS) is 19.7. The Hall–Kier alpha value is -1.20. The fourth-order valence-corrected chi connectivity index (χ4v) is 2.88. The van der Waals surface area contributed by atoms with Gasteiger partial charge in [0.05, 0.1) is 16.2 Å². The summed E-state index contributed by atoms with van der Waals surface area (Å²) in [5, 5.41) is 11.0. The molecule has 3 rings (SSSR count). The molecule has 0 aromatic carbocycles. The van der Waals surface area contributed by atoms with E-state index in [1.165, 1.54) is 6.42 Å². The van der Waals surface area contributed by atoms with Gasteiger partial charge in [-0.1, -0.05) is 0 Å². The Balaban J connectivity index is 1.97. The van der Waals surface area contributed by atoms with Crippen LogP contribution < -0.4 is 5.32 Å². The lowest BCUT2D eigenvalue weighted by molar-refractivity contribution is 0.623. The van der Waals surface area contributed by atoms with Gasteiger partial charge in [-0.15, -0.1) is 0 Å². The molecule has 2 N–H and O–H groups in total. The molecule has 1 saturated heterocycles. The van der Waals surface area contributed by atoms with Crippen molar-refractivity contribution < 1.29 is 0 Å². The van der Waals surface area contributed by atoms with Gasteiger partial charge in [0, 0.05) is 18.0 Å². The number of hydrogen-bond donors (Lipinski definition) is 2. The molecule has 1 aliphatic rings. The van der Waals surface area contributed by atoms with E-state index in [0.717, 1.165) is 34.4 Å². The van der Waals surface area contributed by atoms with E-state index in [0.29, 0.717) is 6.04 Å². The van der Waals surface area contributed by atoms with Crippen LogP contribution in [-0.2, 0) is 0 Å². The number of nitrogens with one attached hydrogen (secondary N) is 2. The van der Waals surface area contributed by atoms with Crippen molar-refractivity contribution in [3.63, 3.8) is 0 Å². The van der Waals surface area contributed by atoms with E-state index < -0.39 is 0 Å². The SMILES string of the molecule is Brc1c(-c2cccnc2)n[nH]c1C1CCCN1. The zero-order chi connectivity index (χ0) is 11.7. The van der Waals surface area contributed by atoms with Gasteiger partial charge in [-0.3, -0.25) is 10.1 Å². The van der Waals surface area contributed by atoms with Crippen molar-refractivity contribution >= 4 is 15.9 Å². The molecule has 0 amide bonds. The summed E-state index contributed by atoms with van der Waals surface area (Å²) in [5.41, 5.74) is 3.10. The molecule has 1 fully saturated rings. The van der Waals surface area contributed by atoms with Crippen molar-refractivity contribution in [3.8, 4) is 11.3 Å². The molecule has 2 aromatic heterocycles. The van der Waals surface area contributed by atoms with Gasteiger partial charge in [0.2, 0.25) is 0 Å². The van der Waals surface area contributed by atoms with E-state index in [-0.39, 0.29) is 0 Å². The van der Waals surface area contributed by atoms with Gasteiger partial charge >= 0.3 is 0 Å². The third-order valence-electron chi connectivity index (χ3n) is 3.08. The number of hydrogen-bond acceptors (Lipinski definition) is 3. The number of nitrogens with zero attached hydrogens (tertiary/aromatic N) is 2. The van der Waals surface area contributed by atoms with Crippen molar-refractivity contribution in [1.29, 1.82) is 0 Å². The smallest absolute Gasteiger partial charge is 0.108 e. The first kappa shape index (κ1) is 10.9. The van der Waals surface area contributed by atoms with E-state index in [9.17, 15) is 0 Å². The molecule has 17 heavy (non-hydrogen) atoms. The number of halogens is 1. The predicted octanol–water partition coefficient (Wildman–Crippen LogP) is 2.66. The Morgan fingerprint density at radius 1 is 1.41 bits per heavy atom. The van der Waals surface area contributed by atoms with Crippen molar-refractivity contribution in [1.82, 2.24) is 20.5 Å². The third-order valence-corrected chi connectivity index (χ3v) is 3.88. The van der Waals surface area contributed by atoms with Gasteiger partial charge in [0.15, 0.2) is 0 Å². The standard InChI is InChI=1S/C12H13BrN4/c13-10-11(8-3-1-5-14-7-8)16-17-12(10)9-4-2-6-15-9/h1,3,5,7,9,15H,2,4,6H2,(H,16,17). The van der Waals surface area contributed by atoms with Crippen LogP contribution in [0.1, 0.15) is 24.6 Å². The van der Waals surface area contributed by atoms with Crippen molar-refractivity contribution in [2.24, 2.45) is 0 Å². The quantitative estimate of drug-likeness (QED) is 0.895. The van der Waals surface area contributed by atoms with Gasteiger partial charge in [-0.2, -0.15) is 5.10 Å². The first-order valence-electron chi connectivity index (χ1n) is 5.74. The Labute approximate surface area is 108 Å². The molecule has 0 spiro atoms. The zero-order valence-corrected chi connectivity index (χ0v) is 10.9. The predicted molar refractivity (Wildman–Crippen MR) is 69.5 cm³/mol. The number of aromatic amines is 1. The lowest BCUT2D eigenvalue weighted by Gasteiger charge is -2.07. The monoisotopic (exact) mass is 292 g/mol. The largest absolute Gasteiger partial charge is 0.309 e. The van der Waals surface area contributed by atoms with Gasteiger partial charge < -0.3 is 5.32 Å². The van der Waals surface area contributed by atoms with Gasteiger partial charge in [-0.25, -0.2) is 0 Å². The highest BCUT2D eigenvalue weighted by atomic mass is 79.9. The zero-order valence-electron chi connectivity index (χ0n) is 9.28. The highest BCUT2D eigenvalue weighted by Gasteiger charge is 2.23. The second-order valence-corrected chi connectivity index (χ2v) is 4.98. The molecule has 1 unspecified atom stereocenters. The lowest BCUT2D eigenvalue weighted by atomic mass is 10.1. The van der Waals surface area contributed by atoms with Crippen LogP contribution in [-0.4, -0.2) is 21.7 Å². The van der Waals surface area contributed by atoms with Crippen LogP contribution in [0.4, 0.5) is 0 Å². The lowest BCUT2D eigenvalue weighted by Crippen LogP contribution is -2.13. The fourth-order valence-electron chi connectivity index (χ4n) is 2.20. The van der Waals surface area contributed by atoms with Crippen molar-refractivity contribution in [2.75, 3.05) is 6.54 Å². The maximum absolute atomic E-state index is 4.38. The molecule has 1 aliphatic heterocycles. The van der Waals surface area contributed by atoms with Crippen LogP contribution in [0, 0.1) is 0 Å². The number of aromatic nitrogens is 3. The molecule has 4 nitrogen and oxygen atoms in total. The van der Waals surface area contributed by atoms with Crippen molar-refractivity contribution in [2.45, 2.75) is 18.9 Å². The summed E-state index contributed by atoms with van der Waals surface area (Å²) in [6.07, 6.45) is 5.97. The van der Waals surface area contributed by atoms with E-state index >= 15 is 0 Å². The third kappa shape index (κ3) is 2.00. The van der Waals surface area contributed by atoms with E-state index in [1.807, 2.05) is 18.3 Å². The van der Waals surface area contributed by atoms with Crippen LogP contribution in [0.15, 0.2) is 29.0 Å². The number of pyridine rings is 1. The molecule has 0 aliphatic carbocycles. The van der Waals surface area contributed by atoms with E-state index in [2.05, 4.69) is 36.4 Å². The summed E-state index contributed by atoms with van der Waals surface area (Å²) in [7, 11) is 0. The van der Waals surface area contributed by atoms with Crippen LogP contribution in [0.2, 0.25) is 0 Å². The maximum Gasteiger partial charge on any atom is 0.108 e. The molecular formula is C12H13BrN4. The Morgan fingerprint density at radius 3 is 3.06 bits per heavy atom. The van der Waals surface area contributed by atoms with E-state index in [4.69, 9.17) is 0 Å². The molecule has 2 aromatic rings. The molecule has 0 saturated carbocycles.